The molecule has 1 heterocycles. The second kappa shape index (κ2) is 9.20. The number of amides is 1. The number of aryl methyl sites for hydroxylation is 3. The van der Waals surface area contributed by atoms with Crippen molar-refractivity contribution in [3.05, 3.63) is 28.8 Å². The van der Waals surface area contributed by atoms with Crippen molar-refractivity contribution in [2.24, 2.45) is 5.92 Å². The molecule has 0 N–H and O–H groups in total. The Kier molecular flexibility index (Phi) is 7.46. The molecule has 1 amide bonds. The Morgan fingerprint density at radius 3 is 1.96 bits per heavy atom. The molecule has 0 unspecified atom stereocenters. The molecule has 0 aliphatic carbocycles. The number of carbonyl (C=O) groups is 1. The molecule has 152 valence electrons. The number of piperidine rings is 1. The quantitative estimate of drug-likeness (QED) is 0.709. The van der Waals surface area contributed by atoms with Crippen LogP contribution in [-0.4, -0.2) is 49.7 Å². The first-order valence-corrected chi connectivity index (χ1v) is 11.5. The molecule has 5 nitrogen and oxygen atoms in total. The Labute approximate surface area is 164 Å². The molecule has 0 atom stereocenters. The molecular formula is C21H34N2O3S. The lowest BCUT2D eigenvalue weighted by Crippen LogP contribution is -2.45. The summed E-state index contributed by atoms with van der Waals surface area (Å²) in [6, 6.07) is 3.84. The molecule has 0 bridgehead atoms. The van der Waals surface area contributed by atoms with Gasteiger partial charge in [0.05, 0.1) is 4.90 Å². The highest BCUT2D eigenvalue weighted by Gasteiger charge is 2.34. The third-order valence-electron chi connectivity index (χ3n) is 5.30. The molecule has 0 spiro atoms. The van der Waals surface area contributed by atoms with Crippen LogP contribution in [0.4, 0.5) is 0 Å². The van der Waals surface area contributed by atoms with Gasteiger partial charge in [0.1, 0.15) is 0 Å². The summed E-state index contributed by atoms with van der Waals surface area (Å²) in [6.07, 6.45) is 3.10. The summed E-state index contributed by atoms with van der Waals surface area (Å²) in [5, 5.41) is 0. The van der Waals surface area contributed by atoms with E-state index in [1.165, 1.54) is 0 Å². The number of hydrogen-bond donors (Lipinski definition) is 0. The summed E-state index contributed by atoms with van der Waals surface area (Å²) < 4.78 is 27.9. The molecule has 1 saturated heterocycles. The largest absolute Gasteiger partial charge is 0.342 e. The SMILES string of the molecule is CCCN(CCC)C(=O)C1CCN(S(=O)(=O)c2c(C)cc(C)cc2C)CC1. The van der Waals surface area contributed by atoms with Gasteiger partial charge in [0.2, 0.25) is 15.9 Å². The van der Waals surface area contributed by atoms with Gasteiger partial charge in [-0.1, -0.05) is 31.5 Å². The van der Waals surface area contributed by atoms with Gasteiger partial charge in [-0.2, -0.15) is 4.31 Å². The zero-order valence-electron chi connectivity index (χ0n) is 17.4. The Balaban J connectivity index is 2.12. The number of hydrogen-bond acceptors (Lipinski definition) is 3. The predicted molar refractivity (Wildman–Crippen MR) is 109 cm³/mol. The molecule has 0 saturated carbocycles. The van der Waals surface area contributed by atoms with Gasteiger partial charge in [-0.15, -0.1) is 0 Å². The van der Waals surface area contributed by atoms with Crippen LogP contribution >= 0.6 is 0 Å². The predicted octanol–water partition coefficient (Wildman–Crippen LogP) is 3.66. The first-order chi connectivity index (χ1) is 12.7. The summed E-state index contributed by atoms with van der Waals surface area (Å²) in [5.41, 5.74) is 2.66. The molecule has 0 aromatic heterocycles. The van der Waals surface area contributed by atoms with Crippen LogP contribution in [0, 0.1) is 26.7 Å². The molecule has 0 radical (unpaired) electrons. The van der Waals surface area contributed by atoms with Crippen LogP contribution in [0.1, 0.15) is 56.2 Å². The fourth-order valence-electron chi connectivity index (χ4n) is 4.18. The number of rotatable bonds is 7. The lowest BCUT2D eigenvalue weighted by Gasteiger charge is -2.34. The van der Waals surface area contributed by atoms with Crippen LogP contribution in [-0.2, 0) is 14.8 Å². The Morgan fingerprint density at radius 2 is 1.52 bits per heavy atom. The van der Waals surface area contributed by atoms with Gasteiger partial charge in [0.25, 0.3) is 0 Å². The molecule has 1 aliphatic heterocycles. The van der Waals surface area contributed by atoms with Crippen molar-refractivity contribution in [2.75, 3.05) is 26.2 Å². The van der Waals surface area contributed by atoms with Crippen LogP contribution in [0.25, 0.3) is 0 Å². The average Bonchev–Trinajstić information content (AvgIpc) is 2.60. The fourth-order valence-corrected chi connectivity index (χ4v) is 6.06. The van der Waals surface area contributed by atoms with Gasteiger partial charge in [-0.05, 0) is 57.6 Å². The monoisotopic (exact) mass is 394 g/mol. The van der Waals surface area contributed by atoms with Crippen LogP contribution in [0.15, 0.2) is 17.0 Å². The van der Waals surface area contributed by atoms with Crippen molar-refractivity contribution in [1.82, 2.24) is 9.21 Å². The normalized spacial score (nSPS) is 16.5. The number of benzene rings is 1. The summed E-state index contributed by atoms with van der Waals surface area (Å²) >= 11 is 0. The highest BCUT2D eigenvalue weighted by atomic mass is 32.2. The first-order valence-electron chi connectivity index (χ1n) is 10.1. The van der Waals surface area contributed by atoms with Crippen molar-refractivity contribution in [1.29, 1.82) is 0 Å². The molecule has 6 heteroatoms. The Hall–Kier alpha value is -1.40. The highest BCUT2D eigenvalue weighted by molar-refractivity contribution is 7.89. The smallest absolute Gasteiger partial charge is 0.243 e. The second-order valence-corrected chi connectivity index (χ2v) is 9.61. The molecule has 27 heavy (non-hydrogen) atoms. The second-order valence-electron chi connectivity index (χ2n) is 7.73. The molecule has 1 aromatic rings. The zero-order valence-corrected chi connectivity index (χ0v) is 18.2. The Bertz CT molecular complexity index is 737. The fraction of sp³-hybridized carbons (Fsp3) is 0.667. The minimum atomic E-state index is -3.52. The van der Waals surface area contributed by atoms with E-state index >= 15 is 0 Å². The standard InChI is InChI=1S/C21H34N2O3S/c1-6-10-22(11-7-2)21(24)19-8-12-23(13-9-19)27(25,26)20-17(4)14-16(3)15-18(20)5/h14-15,19H,6-13H2,1-5H3. The minimum absolute atomic E-state index is 0.0604. The highest BCUT2D eigenvalue weighted by Crippen LogP contribution is 2.29. The molecule has 1 fully saturated rings. The number of carbonyl (C=O) groups excluding carboxylic acids is 1. The van der Waals surface area contributed by atoms with E-state index in [9.17, 15) is 13.2 Å². The van der Waals surface area contributed by atoms with Crippen molar-refractivity contribution in [3.63, 3.8) is 0 Å². The molecule has 1 aromatic carbocycles. The zero-order chi connectivity index (χ0) is 20.2. The lowest BCUT2D eigenvalue weighted by atomic mass is 9.96. The van der Waals surface area contributed by atoms with E-state index in [0.29, 0.717) is 30.8 Å². The van der Waals surface area contributed by atoms with Gasteiger partial charge >= 0.3 is 0 Å². The van der Waals surface area contributed by atoms with E-state index in [1.54, 1.807) is 4.31 Å². The molecule has 1 aliphatic rings. The summed E-state index contributed by atoms with van der Waals surface area (Å²) in [4.78, 5) is 15.2. The minimum Gasteiger partial charge on any atom is -0.342 e. The van der Waals surface area contributed by atoms with E-state index in [4.69, 9.17) is 0 Å². The lowest BCUT2D eigenvalue weighted by molar-refractivity contribution is -0.136. The number of sulfonamides is 1. The van der Waals surface area contributed by atoms with E-state index < -0.39 is 10.0 Å². The molecule has 2 rings (SSSR count). The van der Waals surface area contributed by atoms with Gasteiger partial charge in [0, 0.05) is 32.1 Å². The van der Waals surface area contributed by atoms with Gasteiger partial charge < -0.3 is 4.90 Å². The summed E-state index contributed by atoms with van der Waals surface area (Å²) in [7, 11) is -3.52. The summed E-state index contributed by atoms with van der Waals surface area (Å²) in [6.45, 7) is 12.3. The van der Waals surface area contributed by atoms with E-state index in [-0.39, 0.29) is 11.8 Å². The molecular weight excluding hydrogens is 360 g/mol. The van der Waals surface area contributed by atoms with Crippen molar-refractivity contribution in [3.8, 4) is 0 Å². The Morgan fingerprint density at radius 1 is 1.04 bits per heavy atom. The third kappa shape index (κ3) is 4.91. The average molecular weight is 395 g/mol. The first kappa shape index (κ1) is 21.9. The topological polar surface area (TPSA) is 57.7 Å². The van der Waals surface area contributed by atoms with Crippen molar-refractivity contribution in [2.45, 2.75) is 65.2 Å². The van der Waals surface area contributed by atoms with E-state index in [2.05, 4.69) is 13.8 Å². The van der Waals surface area contributed by atoms with Crippen LogP contribution in [0.3, 0.4) is 0 Å². The van der Waals surface area contributed by atoms with E-state index in [1.807, 2.05) is 37.8 Å². The van der Waals surface area contributed by atoms with Crippen LogP contribution in [0.5, 0.6) is 0 Å². The van der Waals surface area contributed by atoms with Crippen LogP contribution in [0.2, 0.25) is 0 Å². The maximum atomic E-state index is 13.2. The summed E-state index contributed by atoms with van der Waals surface area (Å²) in [5.74, 6) is 0.133. The van der Waals surface area contributed by atoms with E-state index in [0.717, 1.165) is 42.6 Å². The van der Waals surface area contributed by atoms with Gasteiger partial charge in [0.15, 0.2) is 0 Å². The maximum absolute atomic E-state index is 13.2. The van der Waals surface area contributed by atoms with Crippen LogP contribution < -0.4 is 0 Å². The van der Waals surface area contributed by atoms with Gasteiger partial charge in [-0.3, -0.25) is 4.79 Å². The number of nitrogens with zero attached hydrogens (tertiary/aromatic N) is 2. The van der Waals surface area contributed by atoms with Crippen molar-refractivity contribution >= 4 is 15.9 Å². The maximum Gasteiger partial charge on any atom is 0.243 e. The van der Waals surface area contributed by atoms with Crippen molar-refractivity contribution < 1.29 is 13.2 Å². The van der Waals surface area contributed by atoms with Gasteiger partial charge in [-0.25, -0.2) is 8.42 Å². The third-order valence-corrected chi connectivity index (χ3v) is 7.51.